The van der Waals surface area contributed by atoms with Gasteiger partial charge in [-0.25, -0.2) is 0 Å². The monoisotopic (exact) mass is 225 g/mol. The van der Waals surface area contributed by atoms with Crippen molar-refractivity contribution in [2.45, 2.75) is 45.6 Å². The molecule has 0 radical (unpaired) electrons. The van der Waals surface area contributed by atoms with Crippen LogP contribution in [0.4, 0.5) is 0 Å². The molecular formula is C13H23NO2. The molecule has 16 heavy (non-hydrogen) atoms. The van der Waals surface area contributed by atoms with Gasteiger partial charge < -0.3 is 10.4 Å². The molecule has 2 fully saturated rings. The number of hydrogen-bond acceptors (Lipinski definition) is 2. The number of nitrogens with one attached hydrogen (secondary N) is 1. The van der Waals surface area contributed by atoms with Crippen molar-refractivity contribution in [2.24, 2.45) is 23.2 Å². The van der Waals surface area contributed by atoms with Gasteiger partial charge in [0.2, 0.25) is 0 Å². The van der Waals surface area contributed by atoms with E-state index in [4.69, 9.17) is 0 Å². The lowest BCUT2D eigenvalue weighted by molar-refractivity contribution is -0.154. The van der Waals surface area contributed by atoms with E-state index in [1.54, 1.807) is 0 Å². The Bertz CT molecular complexity index is 290. The van der Waals surface area contributed by atoms with E-state index < -0.39 is 11.4 Å². The van der Waals surface area contributed by atoms with Crippen molar-refractivity contribution in [1.82, 2.24) is 5.32 Å². The van der Waals surface area contributed by atoms with Crippen molar-refractivity contribution >= 4 is 5.97 Å². The van der Waals surface area contributed by atoms with Crippen molar-refractivity contribution in [1.29, 1.82) is 0 Å². The lowest BCUT2D eigenvalue weighted by Gasteiger charge is -2.49. The predicted molar refractivity (Wildman–Crippen MR) is 63.2 cm³/mol. The standard InChI is InChI=1S/C13H23NO2/c1-8-4-9-5-10(11(8)14-3)7-13(2,6-9)12(15)16/h8-11,14H,4-7H2,1-3H3,(H,15,16). The molecule has 0 aromatic heterocycles. The van der Waals surface area contributed by atoms with Crippen LogP contribution in [0.1, 0.15) is 39.5 Å². The molecule has 0 spiro atoms. The van der Waals surface area contributed by atoms with Gasteiger partial charge in [0.05, 0.1) is 5.41 Å². The first-order valence-corrected chi connectivity index (χ1v) is 6.37. The first-order valence-electron chi connectivity index (χ1n) is 6.37. The molecule has 2 aliphatic carbocycles. The molecule has 2 bridgehead atoms. The van der Waals surface area contributed by atoms with Gasteiger partial charge in [0.15, 0.2) is 0 Å². The van der Waals surface area contributed by atoms with E-state index in [-0.39, 0.29) is 0 Å². The molecule has 0 amide bonds. The molecule has 2 N–H and O–H groups in total. The summed E-state index contributed by atoms with van der Waals surface area (Å²) < 4.78 is 0. The molecule has 0 heterocycles. The van der Waals surface area contributed by atoms with Crippen LogP contribution < -0.4 is 5.32 Å². The number of carbonyl (C=O) groups is 1. The van der Waals surface area contributed by atoms with Crippen LogP contribution >= 0.6 is 0 Å². The zero-order valence-electron chi connectivity index (χ0n) is 10.5. The minimum atomic E-state index is -0.605. The number of aliphatic carboxylic acids is 1. The van der Waals surface area contributed by atoms with Gasteiger partial charge in [-0.2, -0.15) is 0 Å². The van der Waals surface area contributed by atoms with Crippen LogP contribution in [-0.2, 0) is 4.79 Å². The van der Waals surface area contributed by atoms with E-state index in [1.807, 2.05) is 14.0 Å². The smallest absolute Gasteiger partial charge is 0.309 e. The fourth-order valence-corrected chi connectivity index (χ4v) is 4.18. The zero-order chi connectivity index (χ0) is 11.9. The highest BCUT2D eigenvalue weighted by Gasteiger charge is 2.48. The SMILES string of the molecule is CNC1C(C)CC2CC1CC(C)(C(=O)O)C2. The molecule has 3 nitrogen and oxygen atoms in total. The van der Waals surface area contributed by atoms with Gasteiger partial charge in [-0.05, 0) is 57.4 Å². The fourth-order valence-electron chi connectivity index (χ4n) is 4.18. The Balaban J connectivity index is 2.18. The van der Waals surface area contributed by atoms with E-state index in [9.17, 15) is 9.90 Å². The highest BCUT2D eigenvalue weighted by molar-refractivity contribution is 5.74. The summed E-state index contributed by atoms with van der Waals surface area (Å²) >= 11 is 0. The quantitative estimate of drug-likeness (QED) is 0.757. The number of carboxylic acids is 1. The van der Waals surface area contributed by atoms with Gasteiger partial charge in [0.1, 0.15) is 0 Å². The van der Waals surface area contributed by atoms with E-state index in [2.05, 4.69) is 12.2 Å². The zero-order valence-corrected chi connectivity index (χ0v) is 10.5. The van der Waals surface area contributed by atoms with Gasteiger partial charge in [-0.3, -0.25) is 4.79 Å². The summed E-state index contributed by atoms with van der Waals surface area (Å²) in [6, 6.07) is 0.509. The van der Waals surface area contributed by atoms with Crippen molar-refractivity contribution < 1.29 is 9.90 Å². The Morgan fingerprint density at radius 2 is 2.06 bits per heavy atom. The third-order valence-corrected chi connectivity index (χ3v) is 4.76. The fraction of sp³-hybridized carbons (Fsp3) is 0.923. The highest BCUT2D eigenvalue weighted by Crippen LogP contribution is 2.50. The Labute approximate surface area is 97.6 Å². The maximum atomic E-state index is 11.4. The van der Waals surface area contributed by atoms with Crippen LogP contribution in [0.25, 0.3) is 0 Å². The molecule has 92 valence electrons. The third kappa shape index (κ3) is 1.86. The molecule has 0 aliphatic heterocycles. The summed E-state index contributed by atoms with van der Waals surface area (Å²) in [7, 11) is 2.01. The maximum Gasteiger partial charge on any atom is 0.309 e. The largest absolute Gasteiger partial charge is 0.481 e. The summed E-state index contributed by atoms with van der Waals surface area (Å²) in [5.41, 5.74) is -0.483. The lowest BCUT2D eigenvalue weighted by atomic mass is 9.58. The van der Waals surface area contributed by atoms with E-state index >= 15 is 0 Å². The summed E-state index contributed by atoms with van der Waals surface area (Å²) in [5.74, 6) is 1.26. The second-order valence-corrected chi connectivity index (χ2v) is 6.16. The van der Waals surface area contributed by atoms with Gasteiger partial charge in [0.25, 0.3) is 0 Å². The molecule has 5 atom stereocenters. The van der Waals surface area contributed by atoms with E-state index in [0.717, 1.165) is 12.8 Å². The van der Waals surface area contributed by atoms with Gasteiger partial charge in [0, 0.05) is 6.04 Å². The lowest BCUT2D eigenvalue weighted by Crippen LogP contribution is -2.51. The molecule has 0 aromatic carbocycles. The second-order valence-electron chi connectivity index (χ2n) is 6.16. The van der Waals surface area contributed by atoms with Crippen LogP contribution in [0.15, 0.2) is 0 Å². The highest BCUT2D eigenvalue weighted by atomic mass is 16.4. The average Bonchev–Trinajstić information content (AvgIpc) is 2.16. The summed E-state index contributed by atoms with van der Waals surface area (Å²) in [6.07, 6.45) is 4.12. The van der Waals surface area contributed by atoms with E-state index in [0.29, 0.717) is 23.8 Å². The summed E-state index contributed by atoms with van der Waals surface area (Å²) in [6.45, 7) is 4.22. The topological polar surface area (TPSA) is 49.3 Å². The molecule has 2 aliphatic rings. The second kappa shape index (κ2) is 4.02. The van der Waals surface area contributed by atoms with Crippen LogP contribution in [0.2, 0.25) is 0 Å². The molecule has 2 rings (SSSR count). The Hall–Kier alpha value is -0.570. The number of carboxylic acid groups (broad SMARTS) is 1. The van der Waals surface area contributed by atoms with Gasteiger partial charge in [-0.1, -0.05) is 6.92 Å². The van der Waals surface area contributed by atoms with Crippen molar-refractivity contribution in [3.8, 4) is 0 Å². The maximum absolute atomic E-state index is 11.4. The molecular weight excluding hydrogens is 202 g/mol. The van der Waals surface area contributed by atoms with Gasteiger partial charge in [-0.15, -0.1) is 0 Å². The van der Waals surface area contributed by atoms with Crippen LogP contribution in [-0.4, -0.2) is 24.2 Å². The number of hydrogen-bond donors (Lipinski definition) is 2. The normalized spacial score (nSPS) is 47.7. The van der Waals surface area contributed by atoms with Crippen molar-refractivity contribution in [3.05, 3.63) is 0 Å². The van der Waals surface area contributed by atoms with E-state index in [1.165, 1.54) is 12.8 Å². The van der Waals surface area contributed by atoms with Crippen LogP contribution in [0.5, 0.6) is 0 Å². The van der Waals surface area contributed by atoms with Crippen LogP contribution in [0.3, 0.4) is 0 Å². The Morgan fingerprint density at radius 3 is 2.62 bits per heavy atom. The number of rotatable bonds is 2. The molecule has 0 saturated heterocycles. The molecule has 5 unspecified atom stereocenters. The third-order valence-electron chi connectivity index (χ3n) is 4.76. The van der Waals surface area contributed by atoms with Crippen LogP contribution in [0, 0.1) is 23.2 Å². The predicted octanol–water partition coefficient (Wildman–Crippen LogP) is 2.12. The Kier molecular flexibility index (Phi) is 2.99. The molecule has 0 aromatic rings. The minimum absolute atomic E-state index is 0.483. The molecule has 3 heteroatoms. The summed E-state index contributed by atoms with van der Waals surface area (Å²) in [5, 5.41) is 12.8. The first kappa shape index (κ1) is 11.9. The minimum Gasteiger partial charge on any atom is -0.481 e. The Morgan fingerprint density at radius 1 is 1.38 bits per heavy atom. The number of fused-ring (bicyclic) bond motifs is 2. The first-order chi connectivity index (χ1) is 7.46. The summed E-state index contributed by atoms with van der Waals surface area (Å²) in [4.78, 5) is 11.4. The van der Waals surface area contributed by atoms with Crippen molar-refractivity contribution in [2.75, 3.05) is 7.05 Å². The van der Waals surface area contributed by atoms with Crippen molar-refractivity contribution in [3.63, 3.8) is 0 Å². The average molecular weight is 225 g/mol. The van der Waals surface area contributed by atoms with Gasteiger partial charge >= 0.3 is 5.97 Å². The molecule has 2 saturated carbocycles.